The lowest BCUT2D eigenvalue weighted by Gasteiger charge is -2.12. The van der Waals surface area contributed by atoms with E-state index in [4.69, 9.17) is 32.7 Å². The summed E-state index contributed by atoms with van der Waals surface area (Å²) in [4.78, 5) is 24.4. The van der Waals surface area contributed by atoms with E-state index in [0.29, 0.717) is 22.5 Å². The number of halogens is 2. The first kappa shape index (κ1) is 20.2. The molecule has 2 aromatic heterocycles. The molecule has 0 spiro atoms. The third kappa shape index (κ3) is 3.38. The van der Waals surface area contributed by atoms with Crippen LogP contribution < -0.4 is 10.3 Å². The van der Waals surface area contributed by atoms with Crippen molar-refractivity contribution in [2.75, 3.05) is 6.61 Å². The number of hydrogen-bond donors (Lipinski definition) is 0. The number of fused-ring (bicyclic) bond motifs is 3. The molecule has 0 N–H and O–H groups in total. The maximum absolute atomic E-state index is 12.5. The first-order valence-electron chi connectivity index (χ1n) is 9.03. The quantitative estimate of drug-likeness (QED) is 0.434. The van der Waals surface area contributed by atoms with Crippen LogP contribution in [0.15, 0.2) is 41.2 Å². The number of carbonyl (C=O) groups excluding carboxylic acids is 1. The molecular weight excluding hydrogens is 431 g/mol. The first-order chi connectivity index (χ1) is 14.4. The molecule has 2 aromatic carbocycles. The third-order valence-corrected chi connectivity index (χ3v) is 5.11. The highest BCUT2D eigenvalue weighted by molar-refractivity contribution is 6.37. The highest BCUT2D eigenvalue weighted by Crippen LogP contribution is 2.35. The minimum atomic E-state index is -0.524. The molecule has 0 fully saturated rings. The summed E-state index contributed by atoms with van der Waals surface area (Å²) in [5.41, 5.74) is 0.723. The molecule has 154 valence electrons. The summed E-state index contributed by atoms with van der Waals surface area (Å²) in [6.07, 6.45) is 0. The fraction of sp³-hybridized carbons (Fsp3) is 0.200. The van der Waals surface area contributed by atoms with Gasteiger partial charge in [0.2, 0.25) is 5.78 Å². The molecule has 0 bridgehead atoms. The molecule has 0 amide bonds. The largest absolute Gasteiger partial charge is 0.482 e. The zero-order valence-electron chi connectivity index (χ0n) is 16.1. The van der Waals surface area contributed by atoms with Gasteiger partial charge in [-0.2, -0.15) is 0 Å². The molecule has 0 aliphatic heterocycles. The Bertz CT molecular complexity index is 1320. The van der Waals surface area contributed by atoms with Crippen molar-refractivity contribution in [1.29, 1.82) is 0 Å². The van der Waals surface area contributed by atoms with Gasteiger partial charge in [-0.15, -0.1) is 10.2 Å². The van der Waals surface area contributed by atoms with Crippen molar-refractivity contribution in [3.8, 4) is 5.75 Å². The van der Waals surface area contributed by atoms with E-state index in [9.17, 15) is 9.59 Å². The van der Waals surface area contributed by atoms with E-state index in [1.807, 2.05) is 12.1 Å². The van der Waals surface area contributed by atoms with Crippen molar-refractivity contribution in [2.24, 2.45) is 7.05 Å². The number of benzene rings is 2. The number of esters is 1. The van der Waals surface area contributed by atoms with E-state index in [1.54, 1.807) is 30.5 Å². The molecule has 4 rings (SSSR count). The Morgan fingerprint density at radius 1 is 1.13 bits per heavy atom. The number of hydrogen-bond acceptors (Lipinski definition) is 6. The molecular formula is C20H16Cl2N4O4. The monoisotopic (exact) mass is 446 g/mol. The molecule has 0 aliphatic carbocycles. The number of ether oxygens (including phenoxy) is 2. The lowest BCUT2D eigenvalue weighted by atomic mass is 10.2. The predicted molar refractivity (Wildman–Crippen MR) is 112 cm³/mol. The molecule has 2 heterocycles. The summed E-state index contributed by atoms with van der Waals surface area (Å²) in [7, 11) is 1.63. The van der Waals surface area contributed by atoms with E-state index < -0.39 is 5.97 Å². The van der Waals surface area contributed by atoms with Crippen molar-refractivity contribution >= 4 is 45.9 Å². The van der Waals surface area contributed by atoms with Crippen LogP contribution in [0.3, 0.4) is 0 Å². The van der Waals surface area contributed by atoms with Crippen molar-refractivity contribution in [3.05, 3.63) is 68.2 Å². The maximum Gasteiger partial charge on any atom is 0.338 e. The van der Waals surface area contributed by atoms with Crippen LogP contribution in [-0.4, -0.2) is 31.7 Å². The van der Waals surface area contributed by atoms with E-state index in [0.717, 1.165) is 0 Å². The van der Waals surface area contributed by atoms with Gasteiger partial charge >= 0.3 is 5.97 Å². The zero-order chi connectivity index (χ0) is 21.4. The van der Waals surface area contributed by atoms with Gasteiger partial charge in [0.05, 0.1) is 33.1 Å². The Morgan fingerprint density at radius 3 is 2.53 bits per heavy atom. The average Bonchev–Trinajstić information content (AvgIpc) is 3.15. The minimum Gasteiger partial charge on any atom is -0.482 e. The summed E-state index contributed by atoms with van der Waals surface area (Å²) in [6, 6.07) is 10.0. The molecule has 8 nitrogen and oxygen atoms in total. The Balaban J connectivity index is 1.72. The lowest BCUT2D eigenvalue weighted by molar-refractivity contribution is 0.0526. The predicted octanol–water partition coefficient (Wildman–Crippen LogP) is 3.64. The number of rotatable bonds is 5. The van der Waals surface area contributed by atoms with Crippen molar-refractivity contribution in [1.82, 2.24) is 19.2 Å². The first-order valence-corrected chi connectivity index (χ1v) is 9.78. The Morgan fingerprint density at radius 2 is 1.83 bits per heavy atom. The standard InChI is InChI=1S/C20H16Cl2N4O4/c1-3-29-19(28)11-8-13(21)17(14(22)9-11)30-10-16-23-24-20-25(2)18(27)12-6-4-5-7-15(12)26(16)20/h4-9H,3,10H2,1-2H3. The molecule has 0 unspecified atom stereocenters. The van der Waals surface area contributed by atoms with Gasteiger partial charge in [0.1, 0.15) is 6.61 Å². The second kappa shape index (κ2) is 7.97. The van der Waals surface area contributed by atoms with Gasteiger partial charge in [-0.1, -0.05) is 35.3 Å². The van der Waals surface area contributed by atoms with Crippen molar-refractivity contribution in [3.63, 3.8) is 0 Å². The van der Waals surface area contributed by atoms with Crippen LogP contribution in [0.4, 0.5) is 0 Å². The third-order valence-electron chi connectivity index (χ3n) is 4.55. The van der Waals surface area contributed by atoms with Crippen LogP contribution in [0.2, 0.25) is 10.0 Å². The van der Waals surface area contributed by atoms with Crippen LogP contribution in [0, 0.1) is 0 Å². The fourth-order valence-corrected chi connectivity index (χ4v) is 3.75. The average molecular weight is 447 g/mol. The molecule has 0 radical (unpaired) electrons. The molecule has 4 aromatic rings. The highest BCUT2D eigenvalue weighted by atomic mass is 35.5. The molecule has 30 heavy (non-hydrogen) atoms. The SMILES string of the molecule is CCOC(=O)c1cc(Cl)c(OCc2nnc3n(C)c(=O)c4ccccc4n23)c(Cl)c1. The highest BCUT2D eigenvalue weighted by Gasteiger charge is 2.18. The van der Waals surface area contributed by atoms with Gasteiger partial charge in [0.15, 0.2) is 11.6 Å². The maximum atomic E-state index is 12.5. The van der Waals surface area contributed by atoms with Crippen molar-refractivity contribution in [2.45, 2.75) is 13.5 Å². The van der Waals surface area contributed by atoms with Crippen molar-refractivity contribution < 1.29 is 14.3 Å². The van der Waals surface area contributed by atoms with Crippen LogP contribution in [-0.2, 0) is 18.4 Å². The second-order valence-electron chi connectivity index (χ2n) is 6.41. The molecule has 0 atom stereocenters. The van der Waals surface area contributed by atoms with Gasteiger partial charge in [-0.05, 0) is 31.2 Å². The summed E-state index contributed by atoms with van der Waals surface area (Å²) in [5.74, 6) is 0.520. The van der Waals surface area contributed by atoms with E-state index in [2.05, 4.69) is 10.2 Å². The van der Waals surface area contributed by atoms with Crippen LogP contribution in [0.1, 0.15) is 23.1 Å². The Kier molecular flexibility index (Phi) is 5.36. The van der Waals surface area contributed by atoms with E-state index in [1.165, 1.54) is 16.7 Å². The number of carbonyl (C=O) groups is 1. The number of para-hydroxylation sites is 1. The second-order valence-corrected chi connectivity index (χ2v) is 7.23. The van der Waals surface area contributed by atoms with E-state index in [-0.39, 0.29) is 40.1 Å². The summed E-state index contributed by atoms with van der Waals surface area (Å²) in [6.45, 7) is 1.94. The zero-order valence-corrected chi connectivity index (χ0v) is 17.6. The summed E-state index contributed by atoms with van der Waals surface area (Å²) in [5, 5.41) is 9.13. The van der Waals surface area contributed by atoms with Gasteiger partial charge in [0.25, 0.3) is 5.56 Å². The summed E-state index contributed by atoms with van der Waals surface area (Å²) < 4.78 is 13.9. The number of nitrogens with zero attached hydrogens (tertiary/aromatic N) is 4. The fourth-order valence-electron chi connectivity index (χ4n) is 3.15. The molecule has 0 saturated heterocycles. The lowest BCUT2D eigenvalue weighted by Crippen LogP contribution is -2.20. The summed E-state index contributed by atoms with van der Waals surface area (Å²) >= 11 is 12.5. The van der Waals surface area contributed by atoms with Crippen LogP contribution in [0.25, 0.3) is 16.7 Å². The molecule has 0 aliphatic rings. The molecule has 0 saturated carbocycles. The Hall–Kier alpha value is -3.10. The van der Waals surface area contributed by atoms with Crippen LogP contribution >= 0.6 is 23.2 Å². The molecule has 10 heteroatoms. The van der Waals surface area contributed by atoms with Crippen LogP contribution in [0.5, 0.6) is 5.75 Å². The Labute approximate surface area is 180 Å². The number of aromatic nitrogens is 4. The van der Waals surface area contributed by atoms with Gasteiger partial charge in [-0.25, -0.2) is 4.79 Å². The smallest absolute Gasteiger partial charge is 0.338 e. The van der Waals surface area contributed by atoms with Gasteiger partial charge < -0.3 is 9.47 Å². The number of aryl methyl sites for hydroxylation is 1. The van der Waals surface area contributed by atoms with E-state index >= 15 is 0 Å². The minimum absolute atomic E-state index is 0.0123. The van der Waals surface area contributed by atoms with Gasteiger partial charge in [-0.3, -0.25) is 13.8 Å². The topological polar surface area (TPSA) is 87.7 Å². The normalized spacial score (nSPS) is 11.2. The van der Waals surface area contributed by atoms with Gasteiger partial charge in [0, 0.05) is 7.05 Å².